The van der Waals surface area contributed by atoms with Gasteiger partial charge in [-0.2, -0.15) is 0 Å². The van der Waals surface area contributed by atoms with Crippen LogP contribution < -0.4 is 18.9 Å². The first-order valence-corrected chi connectivity index (χ1v) is 8.42. The van der Waals surface area contributed by atoms with E-state index in [4.69, 9.17) is 18.9 Å². The summed E-state index contributed by atoms with van der Waals surface area (Å²) >= 11 is 0. The summed E-state index contributed by atoms with van der Waals surface area (Å²) in [5.41, 5.74) is 0.759. The Bertz CT molecular complexity index is 805. The fraction of sp³-hybridized carbons (Fsp3) is 0.350. The minimum absolute atomic E-state index is 0.258. The van der Waals surface area contributed by atoms with Gasteiger partial charge in [-0.15, -0.1) is 0 Å². The van der Waals surface area contributed by atoms with E-state index in [2.05, 4.69) is 4.74 Å². The maximum Gasteiger partial charge on any atom is 0.337 e. The number of rotatable bonds is 9. The van der Waals surface area contributed by atoms with Crippen LogP contribution in [-0.4, -0.2) is 57.3 Å². The van der Waals surface area contributed by atoms with Crippen molar-refractivity contribution in [1.29, 1.82) is 0 Å². The number of carbonyl (C=O) groups excluding carboxylic acids is 1. The fourth-order valence-corrected chi connectivity index (χ4v) is 2.63. The van der Waals surface area contributed by atoms with Gasteiger partial charge in [0, 0.05) is 0 Å². The molecule has 0 aromatic heterocycles. The Labute approximate surface area is 163 Å². The highest BCUT2D eigenvalue weighted by Gasteiger charge is 2.25. The van der Waals surface area contributed by atoms with Crippen LogP contribution in [0.4, 0.5) is 0 Å². The average Bonchev–Trinajstić information content (AvgIpc) is 2.75. The van der Waals surface area contributed by atoms with Crippen LogP contribution >= 0.6 is 0 Å². The lowest BCUT2D eigenvalue weighted by molar-refractivity contribution is -0.000546. The van der Waals surface area contributed by atoms with Crippen LogP contribution in [0, 0.1) is 0 Å². The van der Waals surface area contributed by atoms with E-state index in [0.717, 1.165) is 0 Å². The molecule has 0 unspecified atom stereocenters. The summed E-state index contributed by atoms with van der Waals surface area (Å²) in [6.07, 6.45) is -2.15. The molecule has 0 radical (unpaired) electrons. The zero-order chi connectivity index (χ0) is 20.7. The lowest BCUT2D eigenvalue weighted by Gasteiger charge is -2.24. The van der Waals surface area contributed by atoms with E-state index in [-0.39, 0.29) is 17.1 Å². The van der Waals surface area contributed by atoms with E-state index in [0.29, 0.717) is 17.1 Å². The van der Waals surface area contributed by atoms with Gasteiger partial charge in [-0.05, 0) is 35.9 Å². The quantitative estimate of drug-likeness (QED) is 0.625. The smallest absolute Gasteiger partial charge is 0.337 e. The van der Waals surface area contributed by atoms with Crippen molar-refractivity contribution in [2.24, 2.45) is 0 Å². The van der Waals surface area contributed by atoms with Gasteiger partial charge in [0.2, 0.25) is 0 Å². The molecule has 0 fully saturated rings. The maximum absolute atomic E-state index is 11.7. The lowest BCUT2D eigenvalue weighted by Crippen LogP contribution is -2.29. The Hall–Kier alpha value is -2.97. The summed E-state index contributed by atoms with van der Waals surface area (Å²) < 4.78 is 26.1. The molecule has 8 nitrogen and oxygen atoms in total. The summed E-state index contributed by atoms with van der Waals surface area (Å²) in [5.74, 6) is 0.958. The molecular weight excluding hydrogens is 368 g/mol. The molecule has 0 amide bonds. The standard InChI is InChI=1S/C20H24O8/c1-24-14-7-5-12(9-16(14)25-2)19(22)18(11-21)28-15-8-6-13(20(23)27-4)10-17(15)26-3/h5-10,18-19,21-22H,11H2,1-4H3/t18-,19-/m0/s1. The first-order valence-electron chi connectivity index (χ1n) is 8.42. The van der Waals surface area contributed by atoms with E-state index < -0.39 is 24.8 Å². The minimum atomic E-state index is -1.16. The van der Waals surface area contributed by atoms with Crippen molar-refractivity contribution in [3.05, 3.63) is 47.5 Å². The summed E-state index contributed by atoms with van der Waals surface area (Å²) in [5, 5.41) is 20.4. The van der Waals surface area contributed by atoms with E-state index in [9.17, 15) is 15.0 Å². The second-order valence-electron chi connectivity index (χ2n) is 5.76. The molecule has 28 heavy (non-hydrogen) atoms. The van der Waals surface area contributed by atoms with Crippen molar-refractivity contribution in [1.82, 2.24) is 0 Å². The van der Waals surface area contributed by atoms with E-state index >= 15 is 0 Å². The number of esters is 1. The molecule has 2 aromatic carbocycles. The number of benzene rings is 2. The number of ether oxygens (including phenoxy) is 5. The Morgan fingerprint density at radius 1 is 0.893 bits per heavy atom. The Balaban J connectivity index is 2.27. The first kappa shape index (κ1) is 21.3. The van der Waals surface area contributed by atoms with Crippen LogP contribution in [0.3, 0.4) is 0 Å². The highest BCUT2D eigenvalue weighted by atomic mass is 16.5. The molecule has 0 aliphatic carbocycles. The van der Waals surface area contributed by atoms with Gasteiger partial charge in [-0.25, -0.2) is 4.79 Å². The van der Waals surface area contributed by atoms with Crippen molar-refractivity contribution in [3.63, 3.8) is 0 Å². The van der Waals surface area contributed by atoms with Gasteiger partial charge in [0.15, 0.2) is 29.1 Å². The van der Waals surface area contributed by atoms with Gasteiger partial charge in [-0.3, -0.25) is 0 Å². The predicted octanol–water partition coefficient (Wildman–Crippen LogP) is 1.97. The van der Waals surface area contributed by atoms with Crippen molar-refractivity contribution in [2.45, 2.75) is 12.2 Å². The SMILES string of the molecule is COC(=O)c1ccc(O[C@@H](CO)[C@@H](O)c2ccc(OC)c(OC)c2)c(OC)c1. The normalized spacial score (nSPS) is 12.6. The third-order valence-corrected chi connectivity index (χ3v) is 4.14. The molecule has 152 valence electrons. The molecule has 0 aliphatic rings. The molecule has 0 saturated heterocycles. The Morgan fingerprint density at radius 2 is 1.50 bits per heavy atom. The van der Waals surface area contributed by atoms with Crippen LogP contribution in [0.15, 0.2) is 36.4 Å². The van der Waals surface area contributed by atoms with Crippen LogP contribution in [-0.2, 0) is 4.74 Å². The number of aliphatic hydroxyl groups excluding tert-OH is 2. The molecule has 0 saturated carbocycles. The van der Waals surface area contributed by atoms with Gasteiger partial charge in [-0.1, -0.05) is 6.07 Å². The molecule has 0 aliphatic heterocycles. The molecule has 0 bridgehead atoms. The average molecular weight is 392 g/mol. The van der Waals surface area contributed by atoms with Crippen molar-refractivity contribution >= 4 is 5.97 Å². The second kappa shape index (κ2) is 9.82. The van der Waals surface area contributed by atoms with Crippen LogP contribution in [0.1, 0.15) is 22.0 Å². The van der Waals surface area contributed by atoms with Gasteiger partial charge in [0.05, 0.1) is 40.6 Å². The third-order valence-electron chi connectivity index (χ3n) is 4.14. The van der Waals surface area contributed by atoms with Gasteiger partial charge < -0.3 is 33.9 Å². The molecule has 2 atom stereocenters. The largest absolute Gasteiger partial charge is 0.493 e. The predicted molar refractivity (Wildman–Crippen MR) is 100 cm³/mol. The van der Waals surface area contributed by atoms with E-state index in [1.165, 1.54) is 46.6 Å². The van der Waals surface area contributed by atoms with Crippen molar-refractivity contribution in [2.75, 3.05) is 35.0 Å². The number of carbonyl (C=O) groups is 1. The molecular formula is C20H24O8. The Kier molecular flexibility index (Phi) is 7.48. The molecule has 0 heterocycles. The topological polar surface area (TPSA) is 104 Å². The zero-order valence-corrected chi connectivity index (χ0v) is 16.2. The Morgan fingerprint density at radius 3 is 2.07 bits per heavy atom. The molecule has 2 rings (SSSR count). The second-order valence-corrected chi connectivity index (χ2v) is 5.76. The highest BCUT2D eigenvalue weighted by molar-refractivity contribution is 5.90. The fourth-order valence-electron chi connectivity index (χ4n) is 2.63. The van der Waals surface area contributed by atoms with Crippen LogP contribution in [0.2, 0.25) is 0 Å². The number of hydrogen-bond acceptors (Lipinski definition) is 8. The third kappa shape index (κ3) is 4.65. The monoisotopic (exact) mass is 392 g/mol. The number of hydrogen-bond donors (Lipinski definition) is 2. The maximum atomic E-state index is 11.7. The first-order chi connectivity index (χ1) is 13.5. The van der Waals surface area contributed by atoms with Gasteiger partial charge in [0.1, 0.15) is 6.10 Å². The highest BCUT2D eigenvalue weighted by Crippen LogP contribution is 2.34. The van der Waals surface area contributed by atoms with Crippen molar-refractivity contribution in [3.8, 4) is 23.0 Å². The summed E-state index contributed by atoms with van der Waals surface area (Å²) in [4.78, 5) is 11.7. The van der Waals surface area contributed by atoms with Crippen LogP contribution in [0.5, 0.6) is 23.0 Å². The minimum Gasteiger partial charge on any atom is -0.493 e. The summed E-state index contributed by atoms with van der Waals surface area (Å²) in [7, 11) is 5.70. The number of methoxy groups -OCH3 is 4. The summed E-state index contributed by atoms with van der Waals surface area (Å²) in [6.45, 7) is -0.461. The lowest BCUT2D eigenvalue weighted by atomic mass is 10.0. The molecule has 2 N–H and O–H groups in total. The van der Waals surface area contributed by atoms with Gasteiger partial charge in [0.25, 0.3) is 0 Å². The molecule has 2 aromatic rings. The van der Waals surface area contributed by atoms with E-state index in [1.54, 1.807) is 18.2 Å². The summed E-state index contributed by atoms with van der Waals surface area (Å²) in [6, 6.07) is 9.37. The molecule has 0 spiro atoms. The zero-order valence-electron chi connectivity index (χ0n) is 16.2. The van der Waals surface area contributed by atoms with E-state index in [1.807, 2.05) is 0 Å². The van der Waals surface area contributed by atoms with Crippen molar-refractivity contribution < 1.29 is 38.7 Å². The van der Waals surface area contributed by atoms with Crippen LogP contribution in [0.25, 0.3) is 0 Å². The number of aliphatic hydroxyl groups is 2. The molecule has 8 heteroatoms. The van der Waals surface area contributed by atoms with Gasteiger partial charge >= 0.3 is 5.97 Å².